The molecule has 1 aliphatic heterocycles. The van der Waals surface area contributed by atoms with E-state index >= 15 is 0 Å². The summed E-state index contributed by atoms with van der Waals surface area (Å²) < 4.78 is 0. The predicted octanol–water partition coefficient (Wildman–Crippen LogP) is 0.995. The molecule has 62 valence electrons. The number of thioether (sulfide) groups is 1. The van der Waals surface area contributed by atoms with Crippen LogP contribution in [-0.2, 0) is 4.79 Å². The van der Waals surface area contributed by atoms with Gasteiger partial charge in [0.1, 0.15) is 0 Å². The van der Waals surface area contributed by atoms with Gasteiger partial charge in [-0.1, -0.05) is 11.8 Å². The van der Waals surface area contributed by atoms with Crippen LogP contribution in [0.15, 0.2) is 10.2 Å². The van der Waals surface area contributed by atoms with Crippen molar-refractivity contribution in [1.29, 1.82) is 5.41 Å². The van der Waals surface area contributed by atoms with Crippen LogP contribution in [0.4, 0.5) is 0 Å². The normalized spacial score (nSPS) is 22.5. The van der Waals surface area contributed by atoms with Gasteiger partial charge in [0.15, 0.2) is 6.04 Å². The molecule has 1 aliphatic rings. The molecule has 11 heavy (non-hydrogen) atoms. The molecular weight excluding hydrogens is 190 g/mol. The number of hydrogen-bond acceptors (Lipinski definition) is 4. The van der Waals surface area contributed by atoms with E-state index in [0.29, 0.717) is 5.75 Å². The first-order valence-corrected chi connectivity index (χ1v) is 3.53. The molecule has 5 nitrogen and oxygen atoms in total. The largest absolute Gasteiger partial charge is 0.480 e. The molecule has 0 radical (unpaired) electrons. The van der Waals surface area contributed by atoms with Gasteiger partial charge in [0.05, 0.1) is 0 Å². The van der Waals surface area contributed by atoms with Gasteiger partial charge in [-0.3, -0.25) is 5.41 Å². The Labute approximate surface area is 73.2 Å². The smallest absolute Gasteiger partial charge is 0.331 e. The molecule has 0 aliphatic carbocycles. The Morgan fingerprint density at radius 1 is 1.82 bits per heavy atom. The molecule has 1 rings (SSSR count). The van der Waals surface area contributed by atoms with Gasteiger partial charge in [-0.2, -0.15) is 5.11 Å². The summed E-state index contributed by atoms with van der Waals surface area (Å²) in [7, 11) is 0. The Hall–Kier alpha value is -0.620. The van der Waals surface area contributed by atoms with Crippen LogP contribution in [0.5, 0.6) is 0 Å². The number of halogens is 1. The van der Waals surface area contributed by atoms with Crippen molar-refractivity contribution in [2.45, 2.75) is 6.04 Å². The van der Waals surface area contributed by atoms with E-state index in [2.05, 4.69) is 10.2 Å². The topological polar surface area (TPSA) is 85.9 Å². The second-order valence-electron chi connectivity index (χ2n) is 1.69. The minimum absolute atomic E-state index is 0. The lowest BCUT2D eigenvalue weighted by Gasteiger charge is -2.08. The van der Waals surface area contributed by atoms with E-state index in [1.54, 1.807) is 0 Å². The number of azo groups is 1. The second-order valence-corrected chi connectivity index (χ2v) is 2.69. The van der Waals surface area contributed by atoms with Crippen molar-refractivity contribution in [2.75, 3.05) is 5.75 Å². The zero-order valence-electron chi connectivity index (χ0n) is 5.35. The zero-order valence-corrected chi connectivity index (χ0v) is 6.98. The third kappa shape index (κ3) is 2.85. The fourth-order valence-corrected chi connectivity index (χ4v) is 1.09. The van der Waals surface area contributed by atoms with Crippen molar-refractivity contribution in [1.82, 2.24) is 0 Å². The van der Waals surface area contributed by atoms with Crippen molar-refractivity contribution < 1.29 is 9.90 Å². The standard InChI is InChI=1S/C4H5N3O2S.ClH/c5-4-7-6-2(1-10-4)3(8)9;/h2,5H,1H2,(H,8,9);1H. The maximum Gasteiger partial charge on any atom is 0.331 e. The highest BCUT2D eigenvalue weighted by molar-refractivity contribution is 8.13. The van der Waals surface area contributed by atoms with Crippen LogP contribution in [0.1, 0.15) is 0 Å². The van der Waals surface area contributed by atoms with Crippen LogP contribution >= 0.6 is 24.2 Å². The number of rotatable bonds is 1. The van der Waals surface area contributed by atoms with Crippen LogP contribution in [-0.4, -0.2) is 28.0 Å². The van der Waals surface area contributed by atoms with Gasteiger partial charge in [0.25, 0.3) is 0 Å². The molecule has 0 bridgehead atoms. The minimum Gasteiger partial charge on any atom is -0.480 e. The molecule has 1 atom stereocenters. The zero-order chi connectivity index (χ0) is 7.56. The van der Waals surface area contributed by atoms with Gasteiger partial charge < -0.3 is 5.11 Å². The molecule has 0 aromatic heterocycles. The number of carboxylic acid groups (broad SMARTS) is 1. The Balaban J connectivity index is 0.000001000. The van der Waals surface area contributed by atoms with E-state index in [9.17, 15) is 4.79 Å². The first kappa shape index (κ1) is 10.4. The molecule has 0 spiro atoms. The second kappa shape index (κ2) is 4.30. The van der Waals surface area contributed by atoms with Crippen molar-refractivity contribution in [3.63, 3.8) is 0 Å². The number of nitrogens with zero attached hydrogens (tertiary/aromatic N) is 2. The van der Waals surface area contributed by atoms with Crippen molar-refractivity contribution in [2.24, 2.45) is 10.2 Å². The molecule has 7 heteroatoms. The maximum atomic E-state index is 10.2. The highest BCUT2D eigenvalue weighted by atomic mass is 35.5. The number of aliphatic carboxylic acids is 1. The molecule has 0 amide bonds. The van der Waals surface area contributed by atoms with Crippen LogP contribution < -0.4 is 0 Å². The lowest BCUT2D eigenvalue weighted by molar-refractivity contribution is -0.137. The quantitative estimate of drug-likeness (QED) is 0.654. The van der Waals surface area contributed by atoms with E-state index < -0.39 is 12.0 Å². The summed E-state index contributed by atoms with van der Waals surface area (Å²) >= 11 is 1.10. The fraction of sp³-hybridized carbons (Fsp3) is 0.500. The lowest BCUT2D eigenvalue weighted by Crippen LogP contribution is -2.23. The summed E-state index contributed by atoms with van der Waals surface area (Å²) in [6.45, 7) is 0. The van der Waals surface area contributed by atoms with E-state index in [1.165, 1.54) is 0 Å². The number of nitrogens with one attached hydrogen (secondary N) is 1. The maximum absolute atomic E-state index is 10.2. The number of carboxylic acids is 1. The van der Waals surface area contributed by atoms with Crippen molar-refractivity contribution >= 4 is 35.3 Å². The third-order valence-corrected chi connectivity index (χ3v) is 1.79. The molecule has 2 N–H and O–H groups in total. The van der Waals surface area contributed by atoms with Gasteiger partial charge >= 0.3 is 5.97 Å². The number of hydrogen-bond donors (Lipinski definition) is 2. The summed E-state index contributed by atoms with van der Waals surface area (Å²) in [6.07, 6.45) is 0. The molecule has 0 aromatic rings. The SMILES string of the molecule is Cl.N=C1N=NC(C(=O)O)CS1. The van der Waals surface area contributed by atoms with E-state index in [-0.39, 0.29) is 17.6 Å². The van der Waals surface area contributed by atoms with E-state index in [1.807, 2.05) is 0 Å². The summed E-state index contributed by atoms with van der Waals surface area (Å²) in [4.78, 5) is 10.2. The highest BCUT2D eigenvalue weighted by Gasteiger charge is 2.20. The summed E-state index contributed by atoms with van der Waals surface area (Å²) in [6, 6.07) is -0.765. The average molecular weight is 196 g/mol. The molecule has 1 heterocycles. The number of amidine groups is 1. The molecular formula is C4H6ClN3O2S. The molecule has 0 saturated heterocycles. The Morgan fingerprint density at radius 2 is 2.45 bits per heavy atom. The Morgan fingerprint density at radius 3 is 2.82 bits per heavy atom. The third-order valence-electron chi connectivity index (χ3n) is 0.951. The van der Waals surface area contributed by atoms with Crippen molar-refractivity contribution in [3.8, 4) is 0 Å². The van der Waals surface area contributed by atoms with Crippen LogP contribution in [0, 0.1) is 5.41 Å². The summed E-state index contributed by atoms with van der Waals surface area (Å²) in [5.41, 5.74) is 0. The van der Waals surface area contributed by atoms with Crippen LogP contribution in [0.3, 0.4) is 0 Å². The fourth-order valence-electron chi connectivity index (χ4n) is 0.463. The summed E-state index contributed by atoms with van der Waals surface area (Å²) in [5.74, 6) is -0.666. The van der Waals surface area contributed by atoms with Gasteiger partial charge in [-0.25, -0.2) is 4.79 Å². The van der Waals surface area contributed by atoms with Gasteiger partial charge in [-0.05, 0) is 0 Å². The first-order chi connectivity index (χ1) is 4.70. The predicted molar refractivity (Wildman–Crippen MR) is 43.7 cm³/mol. The number of carbonyl (C=O) groups is 1. The van der Waals surface area contributed by atoms with Crippen LogP contribution in [0.2, 0.25) is 0 Å². The molecule has 0 aromatic carbocycles. The first-order valence-electron chi connectivity index (χ1n) is 2.55. The van der Waals surface area contributed by atoms with Gasteiger partial charge in [0.2, 0.25) is 5.17 Å². The van der Waals surface area contributed by atoms with E-state index in [4.69, 9.17) is 10.5 Å². The van der Waals surface area contributed by atoms with E-state index in [0.717, 1.165) is 11.8 Å². The Bertz CT molecular complexity index is 208. The highest BCUT2D eigenvalue weighted by Crippen LogP contribution is 2.14. The minimum atomic E-state index is -0.983. The van der Waals surface area contributed by atoms with Gasteiger partial charge in [-0.15, -0.1) is 17.5 Å². The van der Waals surface area contributed by atoms with Crippen molar-refractivity contribution in [3.05, 3.63) is 0 Å². The molecule has 1 unspecified atom stereocenters. The molecule has 0 fully saturated rings. The van der Waals surface area contributed by atoms with Crippen LogP contribution in [0.25, 0.3) is 0 Å². The molecule has 0 saturated carbocycles. The van der Waals surface area contributed by atoms with Gasteiger partial charge in [0, 0.05) is 5.75 Å². The summed E-state index contributed by atoms with van der Waals surface area (Å²) in [5, 5.41) is 22.1. The monoisotopic (exact) mass is 195 g/mol. The lowest BCUT2D eigenvalue weighted by atomic mass is 10.4. The average Bonchev–Trinajstić information content (AvgIpc) is 1.88. The Kier molecular flexibility index (Phi) is 4.06.